The number of quaternary nitrogens is 1. The van der Waals surface area contributed by atoms with Crippen molar-refractivity contribution < 1.29 is 42.9 Å². The molecule has 0 saturated carbocycles. The van der Waals surface area contributed by atoms with Crippen LogP contribution in [0.3, 0.4) is 0 Å². The van der Waals surface area contributed by atoms with Crippen LogP contribution in [-0.4, -0.2) is 82.3 Å². The van der Waals surface area contributed by atoms with Gasteiger partial charge in [-0.1, -0.05) is 229 Å². The second-order valence-electron chi connectivity index (χ2n) is 19.1. The molecule has 0 saturated heterocycles. The zero-order valence-corrected chi connectivity index (χ0v) is 42.9. The Balaban J connectivity index is 4.18. The molecular formula is C56H101NO8. The molecule has 0 aliphatic rings. The number of rotatable bonds is 49. The number of hydrogen-bond donors (Lipinski definition) is 0. The lowest BCUT2D eigenvalue weighted by Gasteiger charge is -2.26. The van der Waals surface area contributed by atoms with Crippen LogP contribution in [0.2, 0.25) is 0 Å². The van der Waals surface area contributed by atoms with Gasteiger partial charge in [-0.3, -0.25) is 9.59 Å². The molecule has 0 aromatic carbocycles. The van der Waals surface area contributed by atoms with Gasteiger partial charge in [0.25, 0.3) is 0 Å². The Morgan fingerprint density at radius 2 is 0.877 bits per heavy atom. The van der Waals surface area contributed by atoms with Crippen molar-refractivity contribution in [3.63, 3.8) is 0 Å². The van der Waals surface area contributed by atoms with E-state index in [4.69, 9.17) is 18.9 Å². The van der Waals surface area contributed by atoms with E-state index in [1.807, 2.05) is 33.3 Å². The van der Waals surface area contributed by atoms with Gasteiger partial charge in [-0.25, -0.2) is 0 Å². The monoisotopic (exact) mass is 916 g/mol. The van der Waals surface area contributed by atoms with Crippen LogP contribution < -0.4 is 5.11 Å². The molecule has 378 valence electrons. The van der Waals surface area contributed by atoms with E-state index in [-0.39, 0.29) is 38.6 Å². The van der Waals surface area contributed by atoms with E-state index < -0.39 is 24.3 Å². The Kier molecular flexibility index (Phi) is 45.7. The molecule has 0 heterocycles. The fraction of sp³-hybridized carbons (Fsp3) is 0.804. The van der Waals surface area contributed by atoms with Crippen molar-refractivity contribution in [2.24, 2.45) is 0 Å². The lowest BCUT2D eigenvalue weighted by atomic mass is 10.0. The molecule has 0 bridgehead atoms. The highest BCUT2D eigenvalue weighted by Crippen LogP contribution is 2.17. The van der Waals surface area contributed by atoms with E-state index in [2.05, 4.69) is 50.3 Å². The number of likely N-dealkylation sites (N-methyl/N-ethyl adjacent to an activating group) is 1. The van der Waals surface area contributed by atoms with Crippen molar-refractivity contribution >= 4 is 17.9 Å². The van der Waals surface area contributed by atoms with E-state index in [0.29, 0.717) is 17.4 Å². The van der Waals surface area contributed by atoms with Crippen LogP contribution in [0.5, 0.6) is 0 Å². The van der Waals surface area contributed by atoms with E-state index in [1.54, 1.807) is 0 Å². The van der Waals surface area contributed by atoms with Crippen molar-refractivity contribution in [1.82, 2.24) is 0 Å². The van der Waals surface area contributed by atoms with Crippen LogP contribution >= 0.6 is 0 Å². The maximum Gasteiger partial charge on any atom is 0.306 e. The predicted octanol–water partition coefficient (Wildman–Crippen LogP) is 13.8. The summed E-state index contributed by atoms with van der Waals surface area (Å²) < 4.78 is 22.5. The van der Waals surface area contributed by atoms with Crippen LogP contribution in [0.1, 0.15) is 232 Å². The van der Waals surface area contributed by atoms with Crippen LogP contribution in [0.25, 0.3) is 0 Å². The quantitative estimate of drug-likeness (QED) is 0.0195. The van der Waals surface area contributed by atoms with E-state index in [9.17, 15) is 19.5 Å². The van der Waals surface area contributed by atoms with Crippen molar-refractivity contribution in [2.45, 2.75) is 245 Å². The molecule has 2 unspecified atom stereocenters. The summed E-state index contributed by atoms with van der Waals surface area (Å²) in [4.78, 5) is 37.0. The molecule has 0 amide bonds. The molecule has 0 aromatic heterocycles. The van der Waals surface area contributed by atoms with Gasteiger partial charge in [-0.05, 0) is 38.5 Å². The molecule has 2 atom stereocenters. The Bertz CT molecular complexity index is 1210. The normalized spacial score (nSPS) is 13.2. The molecule has 0 aromatic rings. The van der Waals surface area contributed by atoms with Gasteiger partial charge < -0.3 is 33.3 Å². The van der Waals surface area contributed by atoms with Crippen LogP contribution in [-0.2, 0) is 33.3 Å². The standard InChI is InChI=1S/C56H101NO8/c1-6-8-10-12-14-16-18-20-21-22-23-24-25-26-27-28-29-30-31-32-33-35-36-38-40-42-44-46-53(58)63-50-52(51-64-56(55(60)61)62-49-48-57(3,4)5)65-54(59)47-45-43-41-39-37-34-19-17-15-13-11-9-7-2/h9,11,15,17,34,37,41,43,52,56H,6-8,10,12-14,16,18-33,35-36,38-40,42,44-51H2,1-5H3/b11-9-,17-15-,37-34-,43-41-. The van der Waals surface area contributed by atoms with Crippen molar-refractivity contribution in [3.05, 3.63) is 48.6 Å². The van der Waals surface area contributed by atoms with E-state index >= 15 is 0 Å². The maximum absolute atomic E-state index is 12.7. The smallest absolute Gasteiger partial charge is 0.306 e. The molecular weight excluding hydrogens is 815 g/mol. The number of hydrogen-bond acceptors (Lipinski definition) is 8. The largest absolute Gasteiger partial charge is 0.545 e. The summed E-state index contributed by atoms with van der Waals surface area (Å²) >= 11 is 0. The first kappa shape index (κ1) is 62.2. The summed E-state index contributed by atoms with van der Waals surface area (Å²) in [5, 5.41) is 11.7. The minimum atomic E-state index is -1.64. The highest BCUT2D eigenvalue weighted by Gasteiger charge is 2.21. The number of carboxylic acid groups (broad SMARTS) is 1. The number of allylic oxidation sites excluding steroid dienone is 8. The van der Waals surface area contributed by atoms with Crippen molar-refractivity contribution in [1.29, 1.82) is 0 Å². The number of aliphatic carboxylic acids is 1. The van der Waals surface area contributed by atoms with Crippen LogP contribution in [0, 0.1) is 0 Å². The number of ether oxygens (including phenoxy) is 4. The number of carbonyl (C=O) groups is 3. The van der Waals surface area contributed by atoms with Gasteiger partial charge in [0.1, 0.15) is 13.2 Å². The zero-order valence-electron chi connectivity index (χ0n) is 42.9. The lowest BCUT2D eigenvalue weighted by Crippen LogP contribution is -2.44. The summed E-state index contributed by atoms with van der Waals surface area (Å²) in [6, 6.07) is 0. The van der Waals surface area contributed by atoms with Gasteiger partial charge in [-0.2, -0.15) is 0 Å². The minimum Gasteiger partial charge on any atom is -0.545 e. The summed E-state index contributed by atoms with van der Waals surface area (Å²) in [5.41, 5.74) is 0. The minimum absolute atomic E-state index is 0.127. The third kappa shape index (κ3) is 49.0. The van der Waals surface area contributed by atoms with E-state index in [1.165, 1.54) is 154 Å². The summed E-state index contributed by atoms with van der Waals surface area (Å²) in [7, 11) is 5.89. The summed E-state index contributed by atoms with van der Waals surface area (Å²) in [6.45, 7) is 4.56. The molecule has 0 aliphatic carbocycles. The van der Waals surface area contributed by atoms with Crippen LogP contribution in [0.4, 0.5) is 0 Å². The van der Waals surface area contributed by atoms with Gasteiger partial charge in [0.05, 0.1) is 40.3 Å². The predicted molar refractivity (Wildman–Crippen MR) is 269 cm³/mol. The van der Waals surface area contributed by atoms with Crippen molar-refractivity contribution in [3.8, 4) is 0 Å². The zero-order chi connectivity index (χ0) is 47.7. The fourth-order valence-electron chi connectivity index (χ4n) is 7.49. The maximum atomic E-state index is 12.7. The third-order valence-corrected chi connectivity index (χ3v) is 11.6. The number of esters is 2. The Morgan fingerprint density at radius 3 is 1.28 bits per heavy atom. The number of unbranched alkanes of at least 4 members (excludes halogenated alkanes) is 26. The highest BCUT2D eigenvalue weighted by atomic mass is 16.7. The first-order chi connectivity index (χ1) is 31.6. The van der Waals surface area contributed by atoms with E-state index in [0.717, 1.165) is 44.9 Å². The third-order valence-electron chi connectivity index (χ3n) is 11.6. The summed E-state index contributed by atoms with van der Waals surface area (Å²) in [6.07, 6.45) is 54.8. The van der Waals surface area contributed by atoms with Gasteiger partial charge in [0.2, 0.25) is 0 Å². The SMILES string of the molecule is CC/C=C\C/C=C\C/C=C\C/C=C\CCC(=O)OC(COC(=O)CCCCCCCCCCCCCCCCCCCCCCCCCCCCC)COC(OCC[N+](C)(C)C)C(=O)[O-]. The van der Waals surface area contributed by atoms with Gasteiger partial charge in [-0.15, -0.1) is 0 Å². The molecule has 9 nitrogen and oxygen atoms in total. The van der Waals surface area contributed by atoms with Gasteiger partial charge in [0, 0.05) is 12.8 Å². The Hall–Kier alpha value is -2.75. The molecule has 65 heavy (non-hydrogen) atoms. The second-order valence-corrected chi connectivity index (χ2v) is 19.1. The number of carboxylic acids is 1. The summed E-state index contributed by atoms with van der Waals surface area (Å²) in [5.74, 6) is -2.39. The van der Waals surface area contributed by atoms with Gasteiger partial charge in [0.15, 0.2) is 12.4 Å². The number of nitrogens with zero attached hydrogens (tertiary/aromatic N) is 1. The molecule has 0 radical (unpaired) electrons. The molecule has 0 N–H and O–H groups in total. The fourth-order valence-corrected chi connectivity index (χ4v) is 7.49. The molecule has 9 heteroatoms. The Labute approximate surface area is 400 Å². The average Bonchev–Trinajstić information content (AvgIpc) is 3.27. The molecule has 0 aliphatic heterocycles. The van der Waals surface area contributed by atoms with Gasteiger partial charge >= 0.3 is 11.9 Å². The first-order valence-electron chi connectivity index (χ1n) is 26.8. The Morgan fingerprint density at radius 1 is 0.477 bits per heavy atom. The first-order valence-corrected chi connectivity index (χ1v) is 26.8. The highest BCUT2D eigenvalue weighted by molar-refractivity contribution is 5.70. The van der Waals surface area contributed by atoms with Crippen LogP contribution in [0.15, 0.2) is 48.6 Å². The second kappa shape index (κ2) is 47.7. The van der Waals surface area contributed by atoms with Crippen molar-refractivity contribution in [2.75, 3.05) is 47.5 Å². The molecule has 0 rings (SSSR count). The molecule has 0 fully saturated rings. The lowest BCUT2D eigenvalue weighted by molar-refractivity contribution is -0.870. The topological polar surface area (TPSA) is 111 Å². The average molecular weight is 916 g/mol. The molecule has 0 spiro atoms. The number of carbonyl (C=O) groups excluding carboxylic acids is 3.